The number of hydrogen-bond donors (Lipinski definition) is 2. The topological polar surface area (TPSA) is 75.3 Å². The van der Waals surface area contributed by atoms with Gasteiger partial charge >= 0.3 is 0 Å². The standard InChI is InChI=1S/C22H27N5O/c1-16(2)21-26-20(28-27-21)13-14-23-22(25-19-7-5-4-6-8-19)24-15-18-11-9-17(3)10-12-18/h4-12,16H,13-15H2,1-3H3,(H2,23,24,25). The number of nitrogens with one attached hydrogen (secondary N) is 2. The van der Waals surface area contributed by atoms with Gasteiger partial charge in [-0.25, -0.2) is 4.99 Å². The molecule has 0 aliphatic carbocycles. The summed E-state index contributed by atoms with van der Waals surface area (Å²) in [4.78, 5) is 9.13. The molecule has 0 radical (unpaired) electrons. The van der Waals surface area contributed by atoms with E-state index in [-0.39, 0.29) is 5.92 Å². The van der Waals surface area contributed by atoms with Crippen molar-refractivity contribution in [3.63, 3.8) is 0 Å². The molecule has 0 aliphatic rings. The fraction of sp³-hybridized carbons (Fsp3) is 0.318. The molecule has 0 fully saturated rings. The Kier molecular flexibility index (Phi) is 6.78. The lowest BCUT2D eigenvalue weighted by Gasteiger charge is -2.12. The van der Waals surface area contributed by atoms with Crippen LogP contribution in [-0.4, -0.2) is 22.6 Å². The maximum atomic E-state index is 5.31. The number of benzene rings is 2. The van der Waals surface area contributed by atoms with Crippen molar-refractivity contribution in [1.82, 2.24) is 15.5 Å². The van der Waals surface area contributed by atoms with E-state index < -0.39 is 0 Å². The number of aromatic nitrogens is 2. The number of guanidine groups is 1. The maximum Gasteiger partial charge on any atom is 0.228 e. The summed E-state index contributed by atoms with van der Waals surface area (Å²) < 4.78 is 5.31. The second-order valence-electron chi connectivity index (χ2n) is 7.02. The Hall–Kier alpha value is -3.15. The molecule has 6 nitrogen and oxygen atoms in total. The second-order valence-corrected chi connectivity index (χ2v) is 7.02. The lowest BCUT2D eigenvalue weighted by Crippen LogP contribution is -2.32. The van der Waals surface area contributed by atoms with E-state index in [2.05, 4.69) is 52.0 Å². The van der Waals surface area contributed by atoms with Gasteiger partial charge in [0.1, 0.15) is 0 Å². The molecule has 0 amide bonds. The van der Waals surface area contributed by atoms with Gasteiger partial charge in [0, 0.05) is 24.6 Å². The van der Waals surface area contributed by atoms with Gasteiger partial charge < -0.3 is 15.2 Å². The first-order valence-electron chi connectivity index (χ1n) is 9.58. The van der Waals surface area contributed by atoms with E-state index in [1.54, 1.807) is 0 Å². The average Bonchev–Trinajstić information content (AvgIpc) is 3.17. The van der Waals surface area contributed by atoms with Gasteiger partial charge in [-0.1, -0.05) is 67.0 Å². The van der Waals surface area contributed by atoms with Crippen molar-refractivity contribution in [3.8, 4) is 0 Å². The molecule has 3 rings (SSSR count). The predicted octanol–water partition coefficient (Wildman–Crippen LogP) is 4.30. The van der Waals surface area contributed by atoms with Crippen molar-refractivity contribution in [2.45, 2.75) is 39.7 Å². The number of aryl methyl sites for hydroxylation is 1. The normalized spacial score (nSPS) is 11.6. The summed E-state index contributed by atoms with van der Waals surface area (Å²) in [5.74, 6) is 2.35. The molecule has 0 saturated heterocycles. The van der Waals surface area contributed by atoms with Crippen molar-refractivity contribution in [3.05, 3.63) is 77.4 Å². The van der Waals surface area contributed by atoms with Crippen molar-refractivity contribution >= 4 is 11.6 Å². The smallest absolute Gasteiger partial charge is 0.228 e. The van der Waals surface area contributed by atoms with E-state index in [4.69, 9.17) is 9.52 Å². The Balaban J connectivity index is 1.62. The first-order valence-corrected chi connectivity index (χ1v) is 9.58. The van der Waals surface area contributed by atoms with Crippen LogP contribution in [0.4, 0.5) is 5.69 Å². The molecule has 1 heterocycles. The summed E-state index contributed by atoms with van der Waals surface area (Å²) in [6, 6.07) is 18.4. The highest BCUT2D eigenvalue weighted by atomic mass is 16.5. The minimum absolute atomic E-state index is 0.261. The molecule has 0 aliphatic heterocycles. The van der Waals surface area contributed by atoms with Crippen LogP contribution in [0.1, 0.15) is 42.6 Å². The summed E-state index contributed by atoms with van der Waals surface area (Å²) in [5.41, 5.74) is 3.39. The average molecular weight is 377 g/mol. The Bertz CT molecular complexity index is 885. The molecule has 146 valence electrons. The van der Waals surface area contributed by atoms with E-state index in [9.17, 15) is 0 Å². The SMILES string of the molecule is Cc1ccc(CN=C(NCCc2nc(C(C)C)no2)Nc2ccccc2)cc1. The molecule has 28 heavy (non-hydrogen) atoms. The molecule has 0 saturated carbocycles. The quantitative estimate of drug-likeness (QED) is 0.474. The fourth-order valence-corrected chi connectivity index (χ4v) is 2.55. The van der Waals surface area contributed by atoms with E-state index in [0.29, 0.717) is 25.4 Å². The summed E-state index contributed by atoms with van der Waals surface area (Å²) in [7, 11) is 0. The second kappa shape index (κ2) is 9.69. The molecule has 0 atom stereocenters. The zero-order valence-corrected chi connectivity index (χ0v) is 16.6. The van der Waals surface area contributed by atoms with Gasteiger partial charge in [0.15, 0.2) is 11.8 Å². The van der Waals surface area contributed by atoms with E-state index in [0.717, 1.165) is 17.5 Å². The minimum Gasteiger partial charge on any atom is -0.356 e. The largest absolute Gasteiger partial charge is 0.356 e. The zero-order valence-electron chi connectivity index (χ0n) is 16.6. The monoisotopic (exact) mass is 377 g/mol. The van der Waals surface area contributed by atoms with Crippen LogP contribution in [0.5, 0.6) is 0 Å². The first kappa shape index (κ1) is 19.6. The summed E-state index contributed by atoms with van der Waals surface area (Å²) >= 11 is 0. The fourth-order valence-electron chi connectivity index (χ4n) is 2.55. The summed E-state index contributed by atoms with van der Waals surface area (Å²) in [6.07, 6.45) is 0.639. The number of nitrogens with zero attached hydrogens (tertiary/aromatic N) is 3. The molecule has 2 N–H and O–H groups in total. The minimum atomic E-state index is 0.261. The van der Waals surface area contributed by atoms with Crippen molar-refractivity contribution < 1.29 is 4.52 Å². The van der Waals surface area contributed by atoms with Crippen LogP contribution in [-0.2, 0) is 13.0 Å². The molecule has 0 bridgehead atoms. The summed E-state index contributed by atoms with van der Waals surface area (Å²) in [5, 5.41) is 10.7. The van der Waals surface area contributed by atoms with Gasteiger partial charge in [-0.15, -0.1) is 0 Å². The Morgan fingerprint density at radius 1 is 1.07 bits per heavy atom. The van der Waals surface area contributed by atoms with Gasteiger partial charge in [0.2, 0.25) is 5.89 Å². The van der Waals surface area contributed by atoms with Crippen LogP contribution >= 0.6 is 0 Å². The van der Waals surface area contributed by atoms with Crippen molar-refractivity contribution in [2.24, 2.45) is 4.99 Å². The number of para-hydroxylation sites is 1. The van der Waals surface area contributed by atoms with E-state index in [1.807, 2.05) is 44.2 Å². The van der Waals surface area contributed by atoms with Gasteiger partial charge in [0.05, 0.1) is 6.54 Å². The van der Waals surface area contributed by atoms with Gasteiger partial charge in [-0.3, -0.25) is 0 Å². The van der Waals surface area contributed by atoms with Crippen LogP contribution in [0, 0.1) is 6.92 Å². The molecular weight excluding hydrogens is 350 g/mol. The van der Waals surface area contributed by atoms with Crippen LogP contribution in [0.25, 0.3) is 0 Å². The lowest BCUT2D eigenvalue weighted by molar-refractivity contribution is 0.371. The first-order chi connectivity index (χ1) is 13.6. The van der Waals surface area contributed by atoms with Gasteiger partial charge in [-0.2, -0.15) is 4.98 Å². The number of rotatable bonds is 7. The van der Waals surface area contributed by atoms with Gasteiger partial charge in [-0.05, 0) is 24.6 Å². The molecule has 0 unspecified atom stereocenters. The molecule has 2 aromatic carbocycles. The highest BCUT2D eigenvalue weighted by molar-refractivity contribution is 5.93. The predicted molar refractivity (Wildman–Crippen MR) is 112 cm³/mol. The van der Waals surface area contributed by atoms with Crippen LogP contribution < -0.4 is 10.6 Å². The molecule has 6 heteroatoms. The highest BCUT2D eigenvalue weighted by Gasteiger charge is 2.09. The van der Waals surface area contributed by atoms with Gasteiger partial charge in [0.25, 0.3) is 0 Å². The zero-order chi connectivity index (χ0) is 19.8. The third-order valence-corrected chi connectivity index (χ3v) is 4.21. The van der Waals surface area contributed by atoms with Crippen LogP contribution in [0.3, 0.4) is 0 Å². The Morgan fingerprint density at radius 2 is 1.82 bits per heavy atom. The van der Waals surface area contributed by atoms with Crippen LogP contribution in [0.2, 0.25) is 0 Å². The Morgan fingerprint density at radius 3 is 2.50 bits per heavy atom. The third-order valence-electron chi connectivity index (χ3n) is 4.21. The Labute approximate surface area is 166 Å². The summed E-state index contributed by atoms with van der Waals surface area (Å²) in [6.45, 7) is 7.42. The highest BCUT2D eigenvalue weighted by Crippen LogP contribution is 2.10. The third kappa shape index (κ3) is 5.94. The number of aliphatic imine (C=N–C) groups is 1. The van der Waals surface area contributed by atoms with Crippen LogP contribution in [0.15, 0.2) is 64.1 Å². The molecule has 0 spiro atoms. The maximum absolute atomic E-state index is 5.31. The number of anilines is 1. The lowest BCUT2D eigenvalue weighted by atomic mass is 10.1. The number of hydrogen-bond acceptors (Lipinski definition) is 4. The molecule has 3 aromatic rings. The van der Waals surface area contributed by atoms with Crippen molar-refractivity contribution in [1.29, 1.82) is 0 Å². The van der Waals surface area contributed by atoms with Crippen molar-refractivity contribution in [2.75, 3.05) is 11.9 Å². The van der Waals surface area contributed by atoms with E-state index >= 15 is 0 Å². The molecular formula is C22H27N5O. The van der Waals surface area contributed by atoms with E-state index in [1.165, 1.54) is 11.1 Å². The molecule has 1 aromatic heterocycles.